The van der Waals surface area contributed by atoms with Gasteiger partial charge in [0.25, 0.3) is 0 Å². The Morgan fingerprint density at radius 3 is 2.57 bits per heavy atom. The van der Waals surface area contributed by atoms with Crippen molar-refractivity contribution in [3.05, 3.63) is 66.1 Å². The molecule has 0 radical (unpaired) electrons. The van der Waals surface area contributed by atoms with E-state index in [-0.39, 0.29) is 12.2 Å². The fourth-order valence-electron chi connectivity index (χ4n) is 5.18. The number of hydrogen-bond donors (Lipinski definition) is 1. The van der Waals surface area contributed by atoms with Crippen molar-refractivity contribution in [3.63, 3.8) is 0 Å². The van der Waals surface area contributed by atoms with Gasteiger partial charge >= 0.3 is 0 Å². The monoisotopic (exact) mass is 468 g/mol. The largest absolute Gasteiger partial charge is 0.373 e. The molecule has 2 unspecified atom stereocenters. The molecule has 2 atom stereocenters. The molecule has 7 nitrogen and oxygen atoms in total. The first-order valence-electron chi connectivity index (χ1n) is 12.5. The smallest absolute Gasteiger partial charge is 0.227 e. The van der Waals surface area contributed by atoms with Crippen molar-refractivity contribution in [2.45, 2.75) is 51.4 Å². The molecule has 3 heterocycles. The summed E-state index contributed by atoms with van der Waals surface area (Å²) in [5.41, 5.74) is 6.80. The Bertz CT molecular complexity index is 1350. The average molecular weight is 469 g/mol. The van der Waals surface area contributed by atoms with Gasteiger partial charge in [-0.2, -0.15) is 5.10 Å². The Balaban J connectivity index is 1.30. The molecule has 0 bridgehead atoms. The fourth-order valence-corrected chi connectivity index (χ4v) is 5.18. The van der Waals surface area contributed by atoms with Crippen LogP contribution >= 0.6 is 0 Å². The van der Waals surface area contributed by atoms with Crippen LogP contribution < -0.4 is 5.32 Å². The summed E-state index contributed by atoms with van der Waals surface area (Å²) in [6, 6.07) is 13.2. The first-order valence-corrected chi connectivity index (χ1v) is 12.5. The summed E-state index contributed by atoms with van der Waals surface area (Å²) in [5, 5.41) is 8.94. The molecule has 1 N–H and O–H groups in total. The Morgan fingerprint density at radius 2 is 1.83 bits per heavy atom. The first kappa shape index (κ1) is 22.2. The molecule has 1 saturated heterocycles. The van der Waals surface area contributed by atoms with E-state index < -0.39 is 0 Å². The molecule has 2 fully saturated rings. The molecule has 6 rings (SSSR count). The van der Waals surface area contributed by atoms with E-state index in [1.165, 1.54) is 24.0 Å². The van der Waals surface area contributed by atoms with Gasteiger partial charge in [-0.15, -0.1) is 0 Å². The molecule has 2 aromatic carbocycles. The van der Waals surface area contributed by atoms with Crippen LogP contribution in [0.5, 0.6) is 0 Å². The number of fused-ring (bicyclic) bond motifs is 1. The average Bonchev–Trinajstić information content (AvgIpc) is 3.58. The van der Waals surface area contributed by atoms with E-state index in [0.29, 0.717) is 5.95 Å². The van der Waals surface area contributed by atoms with Crippen LogP contribution in [0.4, 0.5) is 11.6 Å². The standard InChI is InChI=1S/C28H32N6O/c1-18-14-34(15-19(2)35-18)16-20-8-23(25-13-30-33(3)17-25)11-26(9-20)31-28-29-12-24-10-22(21-4-5-21)6-7-27(24)32-28/h6-13,17-19,21H,4-5,14-16H2,1-3H3,(H,29,31,32). The Labute approximate surface area is 206 Å². The zero-order chi connectivity index (χ0) is 23.9. The Kier molecular flexibility index (Phi) is 5.74. The lowest BCUT2D eigenvalue weighted by atomic mass is 10.0. The van der Waals surface area contributed by atoms with Crippen LogP contribution in [0.25, 0.3) is 22.0 Å². The van der Waals surface area contributed by atoms with E-state index in [1.54, 1.807) is 0 Å². The minimum absolute atomic E-state index is 0.240. The van der Waals surface area contributed by atoms with E-state index in [4.69, 9.17) is 9.72 Å². The topological polar surface area (TPSA) is 68.1 Å². The van der Waals surface area contributed by atoms with Crippen molar-refractivity contribution >= 4 is 22.5 Å². The lowest BCUT2D eigenvalue weighted by Gasteiger charge is -2.35. The van der Waals surface area contributed by atoms with Crippen LogP contribution in [0.2, 0.25) is 0 Å². The molecular weight excluding hydrogens is 436 g/mol. The number of benzene rings is 2. The quantitative estimate of drug-likeness (QED) is 0.416. The number of morpholine rings is 1. The van der Waals surface area contributed by atoms with Crippen LogP contribution in [-0.2, 0) is 18.3 Å². The highest BCUT2D eigenvalue weighted by molar-refractivity contribution is 5.80. The number of aromatic nitrogens is 4. The van der Waals surface area contributed by atoms with Gasteiger partial charge in [0.2, 0.25) is 5.95 Å². The van der Waals surface area contributed by atoms with Gasteiger partial charge in [-0.3, -0.25) is 9.58 Å². The van der Waals surface area contributed by atoms with E-state index in [9.17, 15) is 0 Å². The lowest BCUT2D eigenvalue weighted by Crippen LogP contribution is -2.44. The van der Waals surface area contributed by atoms with Crippen LogP contribution in [-0.4, -0.2) is 49.9 Å². The summed E-state index contributed by atoms with van der Waals surface area (Å²) >= 11 is 0. The van der Waals surface area contributed by atoms with E-state index in [1.807, 2.05) is 30.3 Å². The second kappa shape index (κ2) is 9.06. The molecule has 7 heteroatoms. The second-order valence-electron chi connectivity index (χ2n) is 10.2. The van der Waals surface area contributed by atoms with Crippen LogP contribution in [0.3, 0.4) is 0 Å². The third-order valence-electron chi connectivity index (χ3n) is 6.84. The molecule has 1 aliphatic carbocycles. The summed E-state index contributed by atoms with van der Waals surface area (Å²) in [5.74, 6) is 1.34. The summed E-state index contributed by atoms with van der Waals surface area (Å²) in [6.45, 7) is 7.02. The summed E-state index contributed by atoms with van der Waals surface area (Å²) in [4.78, 5) is 11.9. The molecule has 0 spiro atoms. The van der Waals surface area contributed by atoms with E-state index in [2.05, 4.69) is 70.5 Å². The third kappa shape index (κ3) is 5.06. The zero-order valence-electron chi connectivity index (χ0n) is 20.6. The van der Waals surface area contributed by atoms with Crippen molar-refractivity contribution in [3.8, 4) is 11.1 Å². The van der Waals surface area contributed by atoms with Gasteiger partial charge in [0, 0.05) is 55.7 Å². The van der Waals surface area contributed by atoms with Crippen molar-refractivity contribution in [1.82, 2.24) is 24.6 Å². The highest BCUT2D eigenvalue weighted by Gasteiger charge is 2.24. The summed E-state index contributed by atoms with van der Waals surface area (Å²) in [7, 11) is 1.95. The van der Waals surface area contributed by atoms with Crippen LogP contribution in [0.1, 0.15) is 43.7 Å². The van der Waals surface area contributed by atoms with Crippen LogP contribution in [0.15, 0.2) is 55.0 Å². The second-order valence-corrected chi connectivity index (χ2v) is 10.2. The lowest BCUT2D eigenvalue weighted by molar-refractivity contribution is -0.0704. The van der Waals surface area contributed by atoms with Gasteiger partial charge in [0.1, 0.15) is 0 Å². The van der Waals surface area contributed by atoms with Gasteiger partial charge in [0.05, 0.1) is 23.9 Å². The van der Waals surface area contributed by atoms with Gasteiger partial charge in [-0.1, -0.05) is 6.07 Å². The number of ether oxygens (including phenoxy) is 1. The van der Waals surface area contributed by atoms with Gasteiger partial charge in [-0.05, 0) is 79.6 Å². The predicted octanol–water partition coefficient (Wildman–Crippen LogP) is 5.26. The van der Waals surface area contributed by atoms with E-state index >= 15 is 0 Å². The SMILES string of the molecule is CC1CN(Cc2cc(Nc3ncc4cc(C5CC5)ccc4n3)cc(-c3cnn(C)c3)c2)CC(C)O1. The molecule has 0 amide bonds. The normalized spacial score (nSPS) is 20.9. The van der Waals surface area contributed by atoms with Crippen molar-refractivity contribution in [1.29, 1.82) is 0 Å². The highest BCUT2D eigenvalue weighted by Crippen LogP contribution is 2.40. The predicted molar refractivity (Wildman–Crippen MR) is 139 cm³/mol. The molecular formula is C28H32N6O. The number of nitrogens with zero attached hydrogens (tertiary/aromatic N) is 5. The number of aryl methyl sites for hydroxylation is 1. The number of rotatable bonds is 6. The van der Waals surface area contributed by atoms with Crippen LogP contribution in [0, 0.1) is 0 Å². The van der Waals surface area contributed by atoms with Gasteiger partial charge < -0.3 is 10.1 Å². The first-order chi connectivity index (χ1) is 17.0. The van der Waals surface area contributed by atoms with Crippen molar-refractivity contribution < 1.29 is 4.74 Å². The number of nitrogens with one attached hydrogen (secondary N) is 1. The Morgan fingerprint density at radius 1 is 1.00 bits per heavy atom. The fraction of sp³-hybridized carbons (Fsp3) is 0.393. The molecule has 35 heavy (non-hydrogen) atoms. The molecule has 180 valence electrons. The number of hydrogen-bond acceptors (Lipinski definition) is 6. The Hall–Kier alpha value is -3.29. The highest BCUT2D eigenvalue weighted by atomic mass is 16.5. The molecule has 1 saturated carbocycles. The van der Waals surface area contributed by atoms with E-state index in [0.717, 1.165) is 53.3 Å². The zero-order valence-corrected chi connectivity index (χ0v) is 20.6. The third-order valence-corrected chi connectivity index (χ3v) is 6.84. The maximum absolute atomic E-state index is 5.93. The van der Waals surface area contributed by atoms with Crippen molar-refractivity contribution in [2.24, 2.45) is 7.05 Å². The number of anilines is 2. The molecule has 4 aromatic rings. The minimum Gasteiger partial charge on any atom is -0.373 e. The molecule has 2 aromatic heterocycles. The summed E-state index contributed by atoms with van der Waals surface area (Å²) in [6.07, 6.45) is 8.96. The maximum atomic E-state index is 5.93. The van der Waals surface area contributed by atoms with Gasteiger partial charge in [0.15, 0.2) is 0 Å². The minimum atomic E-state index is 0.240. The molecule has 2 aliphatic rings. The van der Waals surface area contributed by atoms with Crippen molar-refractivity contribution in [2.75, 3.05) is 18.4 Å². The van der Waals surface area contributed by atoms with Gasteiger partial charge in [-0.25, -0.2) is 9.97 Å². The summed E-state index contributed by atoms with van der Waals surface area (Å²) < 4.78 is 7.77. The molecule has 1 aliphatic heterocycles. The maximum Gasteiger partial charge on any atom is 0.227 e.